The first-order valence-corrected chi connectivity index (χ1v) is 4.87. The molecule has 0 unspecified atom stereocenters. The maximum Gasteiger partial charge on any atom is 0.185 e. The highest BCUT2D eigenvalue weighted by molar-refractivity contribution is 6.30. The number of benzene rings is 1. The van der Waals surface area contributed by atoms with Crippen LogP contribution in [0.25, 0.3) is 11.3 Å². The van der Waals surface area contributed by atoms with Crippen molar-refractivity contribution >= 4 is 17.9 Å². The van der Waals surface area contributed by atoms with E-state index in [2.05, 4.69) is 0 Å². The molecule has 0 bridgehead atoms. The van der Waals surface area contributed by atoms with Crippen molar-refractivity contribution in [3.05, 3.63) is 46.7 Å². The van der Waals surface area contributed by atoms with Crippen LogP contribution in [-0.4, -0.2) is 6.29 Å². The third-order valence-corrected chi connectivity index (χ3v) is 2.35. The molecule has 3 nitrogen and oxygen atoms in total. The summed E-state index contributed by atoms with van der Waals surface area (Å²) >= 11 is 5.84. The Hall–Kier alpha value is -2.05. The summed E-state index contributed by atoms with van der Waals surface area (Å²) in [5, 5.41) is 9.44. The lowest BCUT2D eigenvalue weighted by atomic mass is 10.1. The molecule has 0 radical (unpaired) electrons. The number of carbonyl (C=O) groups is 1. The fraction of sp³-hybridized carbons (Fsp3) is 0. The van der Waals surface area contributed by atoms with Gasteiger partial charge in [-0.2, -0.15) is 5.26 Å². The zero-order valence-electron chi connectivity index (χ0n) is 8.11. The predicted octanol–water partition coefficient (Wildman–Crippen LogP) is 3.28. The molecule has 78 valence electrons. The van der Waals surface area contributed by atoms with Gasteiger partial charge in [-0.3, -0.25) is 4.79 Å². The molecule has 0 aliphatic heterocycles. The number of halogens is 1. The first-order chi connectivity index (χ1) is 7.74. The number of aldehydes is 1. The molecule has 0 amide bonds. The molecule has 4 heteroatoms. The molecule has 0 atom stereocenters. The first-order valence-electron chi connectivity index (χ1n) is 4.49. The summed E-state index contributed by atoms with van der Waals surface area (Å²) in [5.41, 5.74) is 1.04. The Kier molecular flexibility index (Phi) is 2.76. The second kappa shape index (κ2) is 4.21. The monoisotopic (exact) mass is 231 g/mol. The Bertz CT molecular complexity index is 581. The summed E-state index contributed by atoms with van der Waals surface area (Å²) < 4.78 is 5.24. The Morgan fingerprint density at radius 2 is 2.12 bits per heavy atom. The van der Waals surface area contributed by atoms with Gasteiger partial charge in [-0.1, -0.05) is 11.6 Å². The van der Waals surface area contributed by atoms with E-state index in [0.29, 0.717) is 28.2 Å². The second-order valence-electron chi connectivity index (χ2n) is 3.12. The molecule has 0 aliphatic carbocycles. The van der Waals surface area contributed by atoms with Gasteiger partial charge < -0.3 is 4.42 Å². The van der Waals surface area contributed by atoms with E-state index < -0.39 is 0 Å². The standard InChI is InChI=1S/C12H6ClNO2/c13-9-2-1-8(6-14)11(5-9)12-4-3-10(7-15)16-12/h1-5,7H. The summed E-state index contributed by atoms with van der Waals surface area (Å²) in [6, 6.07) is 10.1. The van der Waals surface area contributed by atoms with Crippen LogP contribution in [0.2, 0.25) is 5.02 Å². The Morgan fingerprint density at radius 3 is 2.75 bits per heavy atom. The fourth-order valence-corrected chi connectivity index (χ4v) is 1.55. The predicted molar refractivity (Wildman–Crippen MR) is 59.3 cm³/mol. The summed E-state index contributed by atoms with van der Waals surface area (Å²) in [6.07, 6.45) is 0.611. The highest BCUT2D eigenvalue weighted by Gasteiger charge is 2.09. The third-order valence-electron chi connectivity index (χ3n) is 2.11. The molecule has 1 aromatic heterocycles. The van der Waals surface area contributed by atoms with Crippen LogP contribution in [0.5, 0.6) is 0 Å². The topological polar surface area (TPSA) is 54.0 Å². The van der Waals surface area contributed by atoms with Crippen LogP contribution in [0.3, 0.4) is 0 Å². The lowest BCUT2D eigenvalue weighted by Gasteiger charge is -2.00. The number of hydrogen-bond acceptors (Lipinski definition) is 3. The zero-order valence-corrected chi connectivity index (χ0v) is 8.86. The molecular formula is C12H6ClNO2. The van der Waals surface area contributed by atoms with Crippen LogP contribution in [0, 0.1) is 11.3 Å². The van der Waals surface area contributed by atoms with Crippen molar-refractivity contribution in [1.82, 2.24) is 0 Å². The molecule has 0 saturated heterocycles. The average molecular weight is 232 g/mol. The zero-order chi connectivity index (χ0) is 11.5. The molecule has 0 spiro atoms. The van der Waals surface area contributed by atoms with E-state index in [1.807, 2.05) is 6.07 Å². The number of hydrogen-bond donors (Lipinski definition) is 0. The van der Waals surface area contributed by atoms with Gasteiger partial charge in [0.1, 0.15) is 5.76 Å². The maximum absolute atomic E-state index is 10.5. The van der Waals surface area contributed by atoms with Gasteiger partial charge >= 0.3 is 0 Å². The Balaban J connectivity index is 2.58. The number of carbonyl (C=O) groups excluding carboxylic acids is 1. The van der Waals surface area contributed by atoms with E-state index in [1.54, 1.807) is 30.3 Å². The van der Waals surface area contributed by atoms with Gasteiger partial charge in [-0.05, 0) is 30.3 Å². The van der Waals surface area contributed by atoms with E-state index >= 15 is 0 Å². The van der Waals surface area contributed by atoms with Gasteiger partial charge in [0, 0.05) is 10.6 Å². The largest absolute Gasteiger partial charge is 0.453 e. The number of nitriles is 1. The minimum atomic E-state index is 0.221. The lowest BCUT2D eigenvalue weighted by Crippen LogP contribution is -1.82. The van der Waals surface area contributed by atoms with E-state index in [9.17, 15) is 4.79 Å². The van der Waals surface area contributed by atoms with E-state index in [1.165, 1.54) is 0 Å². The molecule has 2 rings (SSSR count). The molecule has 16 heavy (non-hydrogen) atoms. The smallest absolute Gasteiger partial charge is 0.185 e. The SMILES string of the molecule is N#Cc1ccc(Cl)cc1-c1ccc(C=O)o1. The van der Waals surface area contributed by atoms with Gasteiger partial charge in [-0.25, -0.2) is 0 Å². The van der Waals surface area contributed by atoms with E-state index in [4.69, 9.17) is 21.3 Å². The van der Waals surface area contributed by atoms with Gasteiger partial charge in [0.25, 0.3) is 0 Å². The van der Waals surface area contributed by atoms with E-state index in [0.717, 1.165) is 0 Å². The van der Waals surface area contributed by atoms with Gasteiger partial charge in [0.15, 0.2) is 12.0 Å². The molecule has 0 aliphatic rings. The summed E-state index contributed by atoms with van der Waals surface area (Å²) in [7, 11) is 0. The minimum absolute atomic E-state index is 0.221. The maximum atomic E-state index is 10.5. The summed E-state index contributed by atoms with van der Waals surface area (Å²) in [5.74, 6) is 0.681. The van der Waals surface area contributed by atoms with E-state index in [-0.39, 0.29) is 5.76 Å². The van der Waals surface area contributed by atoms with Crippen molar-refractivity contribution in [2.45, 2.75) is 0 Å². The third kappa shape index (κ3) is 1.83. The highest BCUT2D eigenvalue weighted by atomic mass is 35.5. The second-order valence-corrected chi connectivity index (χ2v) is 3.56. The Morgan fingerprint density at radius 1 is 1.31 bits per heavy atom. The molecule has 2 aromatic rings. The van der Waals surface area contributed by atoms with Crippen LogP contribution in [0.4, 0.5) is 0 Å². The highest BCUT2D eigenvalue weighted by Crippen LogP contribution is 2.27. The fourth-order valence-electron chi connectivity index (χ4n) is 1.38. The number of furan rings is 1. The van der Waals surface area contributed by atoms with Crippen molar-refractivity contribution in [3.63, 3.8) is 0 Å². The Labute approximate surface area is 96.9 Å². The minimum Gasteiger partial charge on any atom is -0.453 e. The van der Waals surface area contributed by atoms with Gasteiger partial charge in [-0.15, -0.1) is 0 Å². The molecule has 1 heterocycles. The number of rotatable bonds is 2. The van der Waals surface area contributed by atoms with Gasteiger partial charge in [0.2, 0.25) is 0 Å². The molecule has 0 saturated carbocycles. The van der Waals surface area contributed by atoms with Crippen LogP contribution in [0.1, 0.15) is 16.1 Å². The van der Waals surface area contributed by atoms with Crippen LogP contribution >= 0.6 is 11.6 Å². The summed E-state index contributed by atoms with van der Waals surface area (Å²) in [4.78, 5) is 10.5. The molecular weight excluding hydrogens is 226 g/mol. The normalized spacial score (nSPS) is 9.75. The van der Waals surface area contributed by atoms with Crippen LogP contribution in [-0.2, 0) is 0 Å². The quantitative estimate of drug-likeness (QED) is 0.746. The van der Waals surface area contributed by atoms with Gasteiger partial charge in [0.05, 0.1) is 11.6 Å². The molecule has 0 fully saturated rings. The van der Waals surface area contributed by atoms with Crippen LogP contribution < -0.4 is 0 Å². The van der Waals surface area contributed by atoms with Crippen LogP contribution in [0.15, 0.2) is 34.7 Å². The first kappa shape index (κ1) is 10.5. The van der Waals surface area contributed by atoms with Crippen molar-refractivity contribution in [2.75, 3.05) is 0 Å². The van der Waals surface area contributed by atoms with Crippen molar-refractivity contribution in [3.8, 4) is 17.4 Å². The molecule has 1 aromatic carbocycles. The lowest BCUT2D eigenvalue weighted by molar-refractivity contribution is 0.110. The summed E-state index contributed by atoms with van der Waals surface area (Å²) in [6.45, 7) is 0. The average Bonchev–Trinajstić information content (AvgIpc) is 2.77. The van der Waals surface area contributed by atoms with Crippen molar-refractivity contribution in [1.29, 1.82) is 5.26 Å². The number of nitrogens with zero attached hydrogens (tertiary/aromatic N) is 1. The van der Waals surface area contributed by atoms with Crippen molar-refractivity contribution in [2.24, 2.45) is 0 Å². The van der Waals surface area contributed by atoms with Crippen molar-refractivity contribution < 1.29 is 9.21 Å². The molecule has 0 N–H and O–H groups in total.